The van der Waals surface area contributed by atoms with Gasteiger partial charge in [-0.2, -0.15) is 0 Å². The zero-order valence-corrected chi connectivity index (χ0v) is 9.02. The number of rotatable bonds is 3. The molecule has 0 spiro atoms. The molecule has 1 saturated heterocycles. The van der Waals surface area contributed by atoms with E-state index in [9.17, 15) is 0 Å². The number of aromatic nitrogens is 1. The second kappa shape index (κ2) is 4.49. The van der Waals surface area contributed by atoms with E-state index < -0.39 is 0 Å². The Morgan fingerprint density at radius 1 is 1.60 bits per heavy atom. The fourth-order valence-electron chi connectivity index (χ4n) is 2.06. The summed E-state index contributed by atoms with van der Waals surface area (Å²) in [4.78, 5) is 6.41. The predicted molar refractivity (Wildman–Crippen MR) is 60.8 cm³/mol. The van der Waals surface area contributed by atoms with Gasteiger partial charge in [-0.05, 0) is 12.5 Å². The predicted octanol–water partition coefficient (Wildman–Crippen LogP) is 1.14. The first-order valence-corrected chi connectivity index (χ1v) is 5.24. The second-order valence-electron chi connectivity index (χ2n) is 4.03. The molecule has 1 aromatic rings. The average molecular weight is 207 g/mol. The summed E-state index contributed by atoms with van der Waals surface area (Å²) < 4.78 is 5.17. The van der Waals surface area contributed by atoms with Crippen LogP contribution in [0.1, 0.15) is 6.42 Å². The maximum absolute atomic E-state index is 5.71. The highest BCUT2D eigenvalue weighted by molar-refractivity contribution is 5.53. The van der Waals surface area contributed by atoms with E-state index in [0.717, 1.165) is 31.1 Å². The van der Waals surface area contributed by atoms with Crippen molar-refractivity contribution in [1.29, 1.82) is 0 Å². The van der Waals surface area contributed by atoms with Gasteiger partial charge in [-0.15, -0.1) is 0 Å². The monoisotopic (exact) mass is 207 g/mol. The van der Waals surface area contributed by atoms with Crippen LogP contribution < -0.4 is 10.6 Å². The van der Waals surface area contributed by atoms with Gasteiger partial charge in [0.05, 0.1) is 24.2 Å². The summed E-state index contributed by atoms with van der Waals surface area (Å²) in [7, 11) is 1.75. The number of nitrogen functional groups attached to an aromatic ring is 1. The molecule has 1 unspecified atom stereocenters. The van der Waals surface area contributed by atoms with Gasteiger partial charge in [-0.3, -0.25) is 4.98 Å². The first-order valence-electron chi connectivity index (χ1n) is 5.24. The topological polar surface area (TPSA) is 51.4 Å². The summed E-state index contributed by atoms with van der Waals surface area (Å²) >= 11 is 0. The van der Waals surface area contributed by atoms with E-state index in [1.165, 1.54) is 6.42 Å². The maximum atomic E-state index is 5.71. The molecule has 0 radical (unpaired) electrons. The minimum Gasteiger partial charge on any atom is -0.397 e. The number of hydrogen-bond donors (Lipinski definition) is 1. The van der Waals surface area contributed by atoms with Gasteiger partial charge in [-0.1, -0.05) is 0 Å². The second-order valence-corrected chi connectivity index (χ2v) is 4.03. The molecule has 15 heavy (non-hydrogen) atoms. The Balaban J connectivity index is 2.01. The molecular formula is C11H17N3O. The molecule has 2 N–H and O–H groups in total. The van der Waals surface area contributed by atoms with Crippen LogP contribution in [-0.4, -0.2) is 31.8 Å². The van der Waals surface area contributed by atoms with Crippen molar-refractivity contribution >= 4 is 11.4 Å². The lowest BCUT2D eigenvalue weighted by Crippen LogP contribution is -2.21. The van der Waals surface area contributed by atoms with Crippen molar-refractivity contribution in [3.63, 3.8) is 0 Å². The number of ether oxygens (including phenoxy) is 1. The molecule has 0 aromatic carbocycles. The number of anilines is 2. The van der Waals surface area contributed by atoms with Crippen LogP contribution in [0.2, 0.25) is 0 Å². The third kappa shape index (κ3) is 2.39. The third-order valence-corrected chi connectivity index (χ3v) is 2.80. The number of nitrogens with two attached hydrogens (primary N) is 1. The van der Waals surface area contributed by atoms with Crippen LogP contribution in [-0.2, 0) is 4.74 Å². The first kappa shape index (κ1) is 10.2. The molecular weight excluding hydrogens is 190 g/mol. The molecule has 0 aliphatic carbocycles. The van der Waals surface area contributed by atoms with E-state index in [4.69, 9.17) is 10.5 Å². The van der Waals surface area contributed by atoms with Gasteiger partial charge < -0.3 is 15.4 Å². The van der Waals surface area contributed by atoms with Crippen LogP contribution in [0, 0.1) is 5.92 Å². The van der Waals surface area contributed by atoms with E-state index in [1.807, 2.05) is 12.3 Å². The van der Waals surface area contributed by atoms with Gasteiger partial charge in [0.1, 0.15) is 0 Å². The van der Waals surface area contributed by atoms with Crippen molar-refractivity contribution in [2.45, 2.75) is 6.42 Å². The minimum absolute atomic E-state index is 0.636. The van der Waals surface area contributed by atoms with Crippen LogP contribution in [0.25, 0.3) is 0 Å². The summed E-state index contributed by atoms with van der Waals surface area (Å²) in [6.45, 7) is 2.95. The summed E-state index contributed by atoms with van der Waals surface area (Å²) in [5, 5.41) is 0. The Labute approximate surface area is 90.0 Å². The Hall–Kier alpha value is -1.29. The number of pyridine rings is 1. The normalized spacial score (nSPS) is 20.9. The highest BCUT2D eigenvalue weighted by Crippen LogP contribution is 2.24. The minimum atomic E-state index is 0.636. The van der Waals surface area contributed by atoms with E-state index in [0.29, 0.717) is 5.92 Å². The van der Waals surface area contributed by atoms with Crippen LogP contribution >= 0.6 is 0 Å². The third-order valence-electron chi connectivity index (χ3n) is 2.80. The Bertz CT molecular complexity index is 329. The van der Waals surface area contributed by atoms with Crippen LogP contribution in [0.5, 0.6) is 0 Å². The van der Waals surface area contributed by atoms with Crippen molar-refractivity contribution in [2.75, 3.05) is 37.4 Å². The van der Waals surface area contributed by atoms with Gasteiger partial charge in [0.2, 0.25) is 0 Å². The summed E-state index contributed by atoms with van der Waals surface area (Å²) in [6, 6.07) is 1.97. The van der Waals surface area contributed by atoms with Gasteiger partial charge in [0.25, 0.3) is 0 Å². The lowest BCUT2D eigenvalue weighted by Gasteiger charge is -2.18. The van der Waals surface area contributed by atoms with E-state index >= 15 is 0 Å². The van der Waals surface area contributed by atoms with Gasteiger partial charge >= 0.3 is 0 Å². The van der Waals surface area contributed by atoms with Crippen molar-refractivity contribution in [3.05, 3.63) is 18.5 Å². The molecule has 0 saturated carbocycles. The molecule has 1 aliphatic heterocycles. The van der Waals surface area contributed by atoms with Crippen LogP contribution in [0.4, 0.5) is 11.4 Å². The van der Waals surface area contributed by atoms with E-state index in [1.54, 1.807) is 13.3 Å². The van der Waals surface area contributed by atoms with E-state index in [-0.39, 0.29) is 0 Å². The lowest BCUT2D eigenvalue weighted by atomic mass is 10.1. The highest BCUT2D eigenvalue weighted by atomic mass is 16.5. The molecule has 4 heteroatoms. The Kier molecular flexibility index (Phi) is 3.06. The molecule has 82 valence electrons. The fourth-order valence-corrected chi connectivity index (χ4v) is 2.06. The average Bonchev–Trinajstić information content (AvgIpc) is 2.67. The first-order chi connectivity index (χ1) is 7.29. The number of hydrogen-bond acceptors (Lipinski definition) is 4. The number of nitrogens with zero attached hydrogens (tertiary/aromatic N) is 2. The Morgan fingerprint density at radius 2 is 2.47 bits per heavy atom. The van der Waals surface area contributed by atoms with E-state index in [2.05, 4.69) is 9.88 Å². The molecule has 1 fully saturated rings. The highest BCUT2D eigenvalue weighted by Gasteiger charge is 2.22. The van der Waals surface area contributed by atoms with Crippen molar-refractivity contribution in [2.24, 2.45) is 5.92 Å². The molecule has 1 aromatic heterocycles. The maximum Gasteiger partial charge on any atom is 0.0573 e. The molecule has 0 bridgehead atoms. The quantitative estimate of drug-likeness (QED) is 0.807. The number of methoxy groups -OCH3 is 1. The van der Waals surface area contributed by atoms with Crippen molar-refractivity contribution in [3.8, 4) is 0 Å². The molecule has 1 aliphatic rings. The van der Waals surface area contributed by atoms with Gasteiger partial charge in [0, 0.05) is 32.3 Å². The lowest BCUT2D eigenvalue weighted by molar-refractivity contribution is 0.161. The molecule has 1 atom stereocenters. The van der Waals surface area contributed by atoms with Gasteiger partial charge in [0.15, 0.2) is 0 Å². The van der Waals surface area contributed by atoms with Gasteiger partial charge in [-0.25, -0.2) is 0 Å². The fraction of sp³-hybridized carbons (Fsp3) is 0.545. The zero-order chi connectivity index (χ0) is 10.7. The van der Waals surface area contributed by atoms with Crippen molar-refractivity contribution < 1.29 is 4.74 Å². The molecule has 4 nitrogen and oxygen atoms in total. The standard InChI is InChI=1S/C11H17N3O/c1-15-8-9-2-3-14(7-9)11-4-10(12)5-13-6-11/h4-6,9H,2-3,7-8,12H2,1H3. The molecule has 0 amide bonds. The van der Waals surface area contributed by atoms with Crippen LogP contribution in [0.3, 0.4) is 0 Å². The largest absolute Gasteiger partial charge is 0.397 e. The summed E-state index contributed by atoms with van der Waals surface area (Å²) in [6.07, 6.45) is 4.72. The van der Waals surface area contributed by atoms with Crippen molar-refractivity contribution in [1.82, 2.24) is 4.98 Å². The Morgan fingerprint density at radius 3 is 3.20 bits per heavy atom. The zero-order valence-electron chi connectivity index (χ0n) is 9.02. The summed E-state index contributed by atoms with van der Waals surface area (Å²) in [5.41, 5.74) is 7.55. The summed E-state index contributed by atoms with van der Waals surface area (Å²) in [5.74, 6) is 0.636. The SMILES string of the molecule is COCC1CCN(c2cncc(N)c2)C1. The smallest absolute Gasteiger partial charge is 0.0573 e. The van der Waals surface area contributed by atoms with Crippen LogP contribution in [0.15, 0.2) is 18.5 Å². The molecule has 2 rings (SSSR count). The molecule has 2 heterocycles.